The summed E-state index contributed by atoms with van der Waals surface area (Å²) >= 11 is 0. The number of carbonyl (C=O) groups is 1. The highest BCUT2D eigenvalue weighted by Gasteiger charge is 2.63. The second-order valence-corrected chi connectivity index (χ2v) is 9.33. The number of hydrogen-bond donors (Lipinski definition) is 2. The SMILES string of the molecule is CC1(C(=O)O)CCCC2(C)C3=CCC4CC3(CCC12)CC4CO. The molecule has 2 bridgehead atoms. The van der Waals surface area contributed by atoms with Gasteiger partial charge in [-0.25, -0.2) is 0 Å². The lowest BCUT2D eigenvalue weighted by Gasteiger charge is -2.60. The van der Waals surface area contributed by atoms with E-state index in [0.29, 0.717) is 18.4 Å². The predicted octanol–water partition coefficient (Wildman–Crippen LogP) is 4.01. The number of aliphatic carboxylic acids is 1. The quantitative estimate of drug-likeness (QED) is 0.756. The van der Waals surface area contributed by atoms with Crippen LogP contribution in [-0.2, 0) is 4.79 Å². The predicted molar refractivity (Wildman–Crippen MR) is 88.9 cm³/mol. The summed E-state index contributed by atoms with van der Waals surface area (Å²) in [6.07, 6.45) is 11.1. The highest BCUT2D eigenvalue weighted by atomic mass is 16.4. The molecule has 0 radical (unpaired) electrons. The maximum Gasteiger partial charge on any atom is 0.309 e. The van der Waals surface area contributed by atoms with Crippen LogP contribution in [0.25, 0.3) is 0 Å². The first kappa shape index (κ1) is 15.7. The molecule has 0 aromatic rings. The fraction of sp³-hybridized carbons (Fsp3) is 0.850. The largest absolute Gasteiger partial charge is 0.481 e. The molecule has 3 saturated carbocycles. The minimum Gasteiger partial charge on any atom is -0.481 e. The number of allylic oxidation sites excluding steroid dienone is 2. The number of carboxylic acid groups (broad SMARTS) is 1. The Kier molecular flexibility index (Phi) is 3.30. The number of hydrogen-bond acceptors (Lipinski definition) is 2. The molecule has 0 aliphatic heterocycles. The Labute approximate surface area is 139 Å². The summed E-state index contributed by atoms with van der Waals surface area (Å²) in [4.78, 5) is 12.0. The van der Waals surface area contributed by atoms with Crippen molar-refractivity contribution in [2.45, 2.75) is 65.2 Å². The van der Waals surface area contributed by atoms with Gasteiger partial charge < -0.3 is 10.2 Å². The van der Waals surface area contributed by atoms with E-state index in [-0.39, 0.29) is 16.7 Å². The van der Waals surface area contributed by atoms with Crippen molar-refractivity contribution in [2.75, 3.05) is 6.61 Å². The second-order valence-electron chi connectivity index (χ2n) is 9.33. The fourth-order valence-electron chi connectivity index (χ4n) is 7.30. The van der Waals surface area contributed by atoms with E-state index in [0.717, 1.165) is 44.9 Å². The normalized spacial score (nSPS) is 51.6. The number of fused-ring (bicyclic) bond motifs is 3. The van der Waals surface area contributed by atoms with Gasteiger partial charge in [0.05, 0.1) is 5.41 Å². The molecule has 3 fully saturated rings. The topological polar surface area (TPSA) is 57.5 Å². The number of aliphatic hydroxyl groups excluding tert-OH is 1. The van der Waals surface area contributed by atoms with Gasteiger partial charge in [-0.1, -0.05) is 25.0 Å². The van der Waals surface area contributed by atoms with Gasteiger partial charge in [0.15, 0.2) is 0 Å². The number of rotatable bonds is 2. The number of aliphatic hydroxyl groups is 1. The molecule has 6 atom stereocenters. The van der Waals surface area contributed by atoms with Gasteiger partial charge in [-0.15, -0.1) is 0 Å². The first-order valence-electron chi connectivity index (χ1n) is 9.41. The Hall–Kier alpha value is -0.830. The van der Waals surface area contributed by atoms with Crippen LogP contribution < -0.4 is 0 Å². The van der Waals surface area contributed by atoms with Crippen LogP contribution in [0.5, 0.6) is 0 Å². The standard InChI is InChI=1S/C20H30O3/c1-18-7-3-8-19(2,17(22)23)15(18)6-9-20-10-13(4-5-16(18)20)14(11-20)12-21/h5,13-15,21H,3-4,6-12H2,1-2H3,(H,22,23). The molecule has 4 aliphatic rings. The zero-order valence-electron chi connectivity index (χ0n) is 14.5. The highest BCUT2D eigenvalue weighted by molar-refractivity contribution is 5.75. The minimum absolute atomic E-state index is 0.0545. The van der Waals surface area contributed by atoms with E-state index < -0.39 is 11.4 Å². The van der Waals surface area contributed by atoms with Crippen molar-refractivity contribution in [3.63, 3.8) is 0 Å². The molecule has 23 heavy (non-hydrogen) atoms. The maximum absolute atomic E-state index is 12.0. The highest BCUT2D eigenvalue weighted by Crippen LogP contribution is 2.70. The molecule has 128 valence electrons. The van der Waals surface area contributed by atoms with Crippen molar-refractivity contribution in [2.24, 2.45) is 34.0 Å². The lowest BCUT2D eigenvalue weighted by molar-refractivity contribution is -0.161. The van der Waals surface area contributed by atoms with Crippen LogP contribution in [0.4, 0.5) is 0 Å². The second kappa shape index (κ2) is 4.84. The molecule has 0 heterocycles. The molecule has 4 aliphatic carbocycles. The van der Waals surface area contributed by atoms with Gasteiger partial charge in [0, 0.05) is 6.61 Å². The van der Waals surface area contributed by atoms with Gasteiger partial charge in [-0.3, -0.25) is 4.79 Å². The molecule has 0 saturated heterocycles. The molecule has 0 aromatic carbocycles. The van der Waals surface area contributed by atoms with Crippen molar-refractivity contribution in [1.29, 1.82) is 0 Å². The molecular formula is C20H30O3. The molecule has 1 spiro atoms. The summed E-state index contributed by atoms with van der Waals surface area (Å²) in [5.41, 5.74) is 1.35. The lowest BCUT2D eigenvalue weighted by atomic mass is 9.44. The van der Waals surface area contributed by atoms with E-state index in [1.165, 1.54) is 6.42 Å². The molecule has 4 rings (SSSR count). The van der Waals surface area contributed by atoms with Crippen LogP contribution in [0, 0.1) is 34.0 Å². The van der Waals surface area contributed by atoms with Gasteiger partial charge >= 0.3 is 5.97 Å². The van der Waals surface area contributed by atoms with E-state index in [2.05, 4.69) is 13.0 Å². The van der Waals surface area contributed by atoms with Crippen molar-refractivity contribution in [3.05, 3.63) is 11.6 Å². The Bertz CT molecular complexity index is 567. The third kappa shape index (κ3) is 1.89. The summed E-state index contributed by atoms with van der Waals surface area (Å²) in [7, 11) is 0. The summed E-state index contributed by atoms with van der Waals surface area (Å²) in [5.74, 6) is 0.776. The molecule has 0 aromatic heterocycles. The molecule has 3 heteroatoms. The summed E-state index contributed by atoms with van der Waals surface area (Å²) < 4.78 is 0. The van der Waals surface area contributed by atoms with Crippen molar-refractivity contribution < 1.29 is 15.0 Å². The van der Waals surface area contributed by atoms with Crippen molar-refractivity contribution >= 4 is 5.97 Å². The van der Waals surface area contributed by atoms with Gasteiger partial charge in [-0.05, 0) is 80.5 Å². The zero-order valence-corrected chi connectivity index (χ0v) is 14.5. The van der Waals surface area contributed by atoms with Crippen LogP contribution in [0.2, 0.25) is 0 Å². The van der Waals surface area contributed by atoms with Crippen LogP contribution in [0.1, 0.15) is 65.2 Å². The van der Waals surface area contributed by atoms with Gasteiger partial charge in [0.2, 0.25) is 0 Å². The Morgan fingerprint density at radius 2 is 2.04 bits per heavy atom. The smallest absolute Gasteiger partial charge is 0.309 e. The molecule has 2 N–H and O–H groups in total. The molecule has 6 unspecified atom stereocenters. The third-order valence-corrected chi connectivity index (χ3v) is 8.35. The van der Waals surface area contributed by atoms with Gasteiger partial charge in [0.25, 0.3) is 0 Å². The number of carboxylic acids is 1. The summed E-state index contributed by atoms with van der Waals surface area (Å²) in [6.45, 7) is 4.67. The van der Waals surface area contributed by atoms with Crippen molar-refractivity contribution in [3.8, 4) is 0 Å². The van der Waals surface area contributed by atoms with Gasteiger partial charge in [-0.2, -0.15) is 0 Å². The lowest BCUT2D eigenvalue weighted by Crippen LogP contribution is -2.54. The first-order valence-corrected chi connectivity index (χ1v) is 9.41. The summed E-state index contributed by atoms with van der Waals surface area (Å²) in [5, 5.41) is 19.7. The third-order valence-electron chi connectivity index (χ3n) is 8.35. The van der Waals surface area contributed by atoms with Crippen molar-refractivity contribution in [1.82, 2.24) is 0 Å². The van der Waals surface area contributed by atoms with Crippen LogP contribution >= 0.6 is 0 Å². The van der Waals surface area contributed by atoms with Crippen LogP contribution in [-0.4, -0.2) is 22.8 Å². The van der Waals surface area contributed by atoms with E-state index in [9.17, 15) is 15.0 Å². The first-order chi connectivity index (χ1) is 10.9. The fourth-order valence-corrected chi connectivity index (χ4v) is 7.30. The Balaban J connectivity index is 1.75. The van der Waals surface area contributed by atoms with E-state index in [1.807, 2.05) is 6.92 Å². The van der Waals surface area contributed by atoms with Gasteiger partial charge in [0.1, 0.15) is 0 Å². The molecule has 3 nitrogen and oxygen atoms in total. The van der Waals surface area contributed by atoms with E-state index >= 15 is 0 Å². The monoisotopic (exact) mass is 318 g/mol. The summed E-state index contributed by atoms with van der Waals surface area (Å²) in [6, 6.07) is 0. The maximum atomic E-state index is 12.0. The Morgan fingerprint density at radius 3 is 2.74 bits per heavy atom. The van der Waals surface area contributed by atoms with Crippen LogP contribution in [0.3, 0.4) is 0 Å². The van der Waals surface area contributed by atoms with Crippen LogP contribution in [0.15, 0.2) is 11.6 Å². The molecular weight excluding hydrogens is 288 g/mol. The van der Waals surface area contributed by atoms with E-state index in [4.69, 9.17) is 0 Å². The molecule has 0 amide bonds. The zero-order chi connectivity index (χ0) is 16.5. The average Bonchev–Trinajstić information content (AvgIpc) is 2.77. The minimum atomic E-state index is -0.599. The average molecular weight is 318 g/mol. The Morgan fingerprint density at radius 1 is 1.26 bits per heavy atom. The van der Waals surface area contributed by atoms with E-state index in [1.54, 1.807) is 5.57 Å².